The topological polar surface area (TPSA) is 52.0 Å². The zero-order valence-electron chi connectivity index (χ0n) is 10.7. The lowest BCUT2D eigenvalue weighted by molar-refractivity contribution is 0.156. The Hall–Kier alpha value is -0.0800. The average molecular weight is 200 g/mol. The molecule has 86 valence electrons. The molecule has 0 aromatic rings. The van der Waals surface area contributed by atoms with Crippen LogP contribution in [0.1, 0.15) is 54.4 Å². The molecule has 0 saturated carbocycles. The van der Waals surface area contributed by atoms with Crippen molar-refractivity contribution in [3.05, 3.63) is 0 Å². The third kappa shape index (κ3) is 5.61. The summed E-state index contributed by atoms with van der Waals surface area (Å²) in [6, 6.07) is 0.283. The van der Waals surface area contributed by atoms with Crippen molar-refractivity contribution in [2.24, 2.45) is 22.8 Å². The predicted octanol–water partition coefficient (Wildman–Crippen LogP) is 2.51. The van der Waals surface area contributed by atoms with Crippen LogP contribution in [0.15, 0.2) is 0 Å². The SMILES string of the molecule is CC(N)CC(C)C(C)(C)CC(C)(C)N. The van der Waals surface area contributed by atoms with Gasteiger partial charge in [0.25, 0.3) is 0 Å². The molecule has 0 saturated heterocycles. The molecule has 0 amide bonds. The lowest BCUT2D eigenvalue weighted by Gasteiger charge is -2.38. The van der Waals surface area contributed by atoms with Gasteiger partial charge in [0, 0.05) is 11.6 Å². The van der Waals surface area contributed by atoms with E-state index in [1.54, 1.807) is 0 Å². The van der Waals surface area contributed by atoms with Gasteiger partial charge in [-0.05, 0) is 44.9 Å². The molecule has 0 heterocycles. The third-order valence-electron chi connectivity index (χ3n) is 2.97. The van der Waals surface area contributed by atoms with Gasteiger partial charge in [0.05, 0.1) is 0 Å². The van der Waals surface area contributed by atoms with Crippen LogP contribution in [0.25, 0.3) is 0 Å². The second kappa shape index (κ2) is 4.63. The zero-order chi connectivity index (χ0) is 11.6. The summed E-state index contributed by atoms with van der Waals surface area (Å²) in [6.45, 7) is 13.1. The number of hydrogen-bond acceptors (Lipinski definition) is 2. The Morgan fingerprint density at radius 1 is 1.07 bits per heavy atom. The highest BCUT2D eigenvalue weighted by Crippen LogP contribution is 2.36. The van der Waals surface area contributed by atoms with Crippen LogP contribution in [0, 0.1) is 11.3 Å². The molecule has 2 nitrogen and oxygen atoms in total. The second-order valence-corrected chi connectivity index (χ2v) is 6.27. The first-order valence-electron chi connectivity index (χ1n) is 5.59. The van der Waals surface area contributed by atoms with Crippen LogP contribution in [0.5, 0.6) is 0 Å². The van der Waals surface area contributed by atoms with Crippen molar-refractivity contribution in [3.8, 4) is 0 Å². The van der Waals surface area contributed by atoms with Gasteiger partial charge in [-0.25, -0.2) is 0 Å². The lowest BCUT2D eigenvalue weighted by atomic mass is 9.70. The molecule has 0 bridgehead atoms. The van der Waals surface area contributed by atoms with E-state index in [-0.39, 0.29) is 17.0 Å². The fraction of sp³-hybridized carbons (Fsp3) is 1.00. The Morgan fingerprint density at radius 3 is 1.79 bits per heavy atom. The fourth-order valence-electron chi connectivity index (χ4n) is 2.23. The van der Waals surface area contributed by atoms with E-state index in [4.69, 9.17) is 11.5 Å². The Bertz CT molecular complexity index is 166. The molecular formula is C12H28N2. The van der Waals surface area contributed by atoms with Gasteiger partial charge in [-0.15, -0.1) is 0 Å². The minimum Gasteiger partial charge on any atom is -0.328 e. The van der Waals surface area contributed by atoms with Gasteiger partial charge < -0.3 is 11.5 Å². The largest absolute Gasteiger partial charge is 0.328 e. The maximum atomic E-state index is 6.06. The van der Waals surface area contributed by atoms with Gasteiger partial charge in [-0.1, -0.05) is 20.8 Å². The van der Waals surface area contributed by atoms with Crippen LogP contribution in [0.2, 0.25) is 0 Å². The number of nitrogens with two attached hydrogens (primary N) is 2. The first-order chi connectivity index (χ1) is 6.04. The highest BCUT2D eigenvalue weighted by Gasteiger charge is 2.31. The van der Waals surface area contributed by atoms with Gasteiger partial charge in [-0.3, -0.25) is 0 Å². The predicted molar refractivity (Wildman–Crippen MR) is 64.1 cm³/mol. The first kappa shape index (κ1) is 13.9. The van der Waals surface area contributed by atoms with E-state index in [0.717, 1.165) is 12.8 Å². The second-order valence-electron chi connectivity index (χ2n) is 6.27. The molecule has 0 fully saturated rings. The Kier molecular flexibility index (Phi) is 4.60. The van der Waals surface area contributed by atoms with Crippen LogP contribution >= 0.6 is 0 Å². The minimum atomic E-state index is -0.0877. The summed E-state index contributed by atoms with van der Waals surface area (Å²) in [5.74, 6) is 0.616. The summed E-state index contributed by atoms with van der Waals surface area (Å²) >= 11 is 0. The Morgan fingerprint density at radius 2 is 1.50 bits per heavy atom. The normalized spacial score (nSPS) is 18.0. The summed E-state index contributed by atoms with van der Waals surface area (Å²) in [5, 5.41) is 0. The van der Waals surface area contributed by atoms with Crippen LogP contribution in [-0.2, 0) is 0 Å². The van der Waals surface area contributed by atoms with Gasteiger partial charge in [0.1, 0.15) is 0 Å². The van der Waals surface area contributed by atoms with Crippen molar-refractivity contribution in [2.75, 3.05) is 0 Å². The molecule has 0 aromatic carbocycles. The molecule has 2 heteroatoms. The molecule has 2 atom stereocenters. The summed E-state index contributed by atoms with van der Waals surface area (Å²) in [7, 11) is 0. The zero-order valence-corrected chi connectivity index (χ0v) is 10.7. The summed E-state index contributed by atoms with van der Waals surface area (Å²) in [4.78, 5) is 0. The summed E-state index contributed by atoms with van der Waals surface area (Å²) < 4.78 is 0. The molecule has 14 heavy (non-hydrogen) atoms. The quantitative estimate of drug-likeness (QED) is 0.716. The van der Waals surface area contributed by atoms with Crippen molar-refractivity contribution in [2.45, 2.75) is 66.0 Å². The maximum Gasteiger partial charge on any atom is 0.0102 e. The highest BCUT2D eigenvalue weighted by atomic mass is 14.7. The standard InChI is InChI=1S/C12H28N2/c1-9(7-10(2)13)11(3,4)8-12(5,6)14/h9-10H,7-8,13-14H2,1-6H3. The molecular weight excluding hydrogens is 172 g/mol. The Balaban J connectivity index is 4.30. The molecule has 0 aliphatic carbocycles. The van der Waals surface area contributed by atoms with Gasteiger partial charge in [-0.2, -0.15) is 0 Å². The molecule has 0 radical (unpaired) electrons. The van der Waals surface area contributed by atoms with E-state index >= 15 is 0 Å². The highest BCUT2D eigenvalue weighted by molar-refractivity contribution is 4.86. The van der Waals surface area contributed by atoms with E-state index in [0.29, 0.717) is 5.92 Å². The Labute approximate surface area is 89.4 Å². The van der Waals surface area contributed by atoms with Gasteiger partial charge >= 0.3 is 0 Å². The molecule has 0 aliphatic heterocycles. The van der Waals surface area contributed by atoms with E-state index in [9.17, 15) is 0 Å². The van der Waals surface area contributed by atoms with Crippen molar-refractivity contribution in [1.29, 1.82) is 0 Å². The number of rotatable bonds is 5. The first-order valence-corrected chi connectivity index (χ1v) is 5.59. The molecule has 0 aromatic heterocycles. The average Bonchev–Trinajstić information content (AvgIpc) is 1.78. The van der Waals surface area contributed by atoms with Gasteiger partial charge in [0.15, 0.2) is 0 Å². The van der Waals surface area contributed by atoms with Crippen LogP contribution in [-0.4, -0.2) is 11.6 Å². The molecule has 2 unspecified atom stereocenters. The third-order valence-corrected chi connectivity index (χ3v) is 2.97. The van der Waals surface area contributed by atoms with Crippen molar-refractivity contribution in [3.63, 3.8) is 0 Å². The van der Waals surface area contributed by atoms with E-state index in [1.165, 1.54) is 0 Å². The van der Waals surface area contributed by atoms with E-state index < -0.39 is 0 Å². The summed E-state index contributed by atoms with van der Waals surface area (Å²) in [6.07, 6.45) is 2.11. The van der Waals surface area contributed by atoms with Crippen LogP contribution in [0.3, 0.4) is 0 Å². The van der Waals surface area contributed by atoms with E-state index in [2.05, 4.69) is 41.5 Å². The van der Waals surface area contributed by atoms with Crippen molar-refractivity contribution in [1.82, 2.24) is 0 Å². The molecule has 0 rings (SSSR count). The lowest BCUT2D eigenvalue weighted by Crippen LogP contribution is -2.40. The van der Waals surface area contributed by atoms with Gasteiger partial charge in [0.2, 0.25) is 0 Å². The number of hydrogen-bond donors (Lipinski definition) is 2. The van der Waals surface area contributed by atoms with Crippen LogP contribution < -0.4 is 11.5 Å². The van der Waals surface area contributed by atoms with E-state index in [1.807, 2.05) is 0 Å². The van der Waals surface area contributed by atoms with Crippen LogP contribution in [0.4, 0.5) is 0 Å². The van der Waals surface area contributed by atoms with Crippen molar-refractivity contribution < 1.29 is 0 Å². The fourth-order valence-corrected chi connectivity index (χ4v) is 2.23. The summed E-state index contributed by atoms with van der Waals surface area (Å²) in [5.41, 5.74) is 12.1. The molecule has 0 spiro atoms. The molecule has 4 N–H and O–H groups in total. The minimum absolute atomic E-state index is 0.0877. The maximum absolute atomic E-state index is 6.06. The smallest absolute Gasteiger partial charge is 0.0102 e. The monoisotopic (exact) mass is 200 g/mol. The van der Waals surface area contributed by atoms with Crippen molar-refractivity contribution >= 4 is 0 Å². The molecule has 0 aliphatic rings.